The predicted octanol–water partition coefficient (Wildman–Crippen LogP) is 3.48. The van der Waals surface area contributed by atoms with Gasteiger partial charge in [-0.1, -0.05) is 38.1 Å². The van der Waals surface area contributed by atoms with Gasteiger partial charge in [-0.15, -0.1) is 0 Å². The third kappa shape index (κ3) is 5.04. The molecule has 0 aromatic heterocycles. The van der Waals surface area contributed by atoms with Crippen LogP contribution < -0.4 is 5.32 Å². The van der Waals surface area contributed by atoms with Gasteiger partial charge >= 0.3 is 0 Å². The van der Waals surface area contributed by atoms with Gasteiger partial charge < -0.3 is 5.32 Å². The van der Waals surface area contributed by atoms with Gasteiger partial charge in [0.15, 0.2) is 0 Å². The molecule has 0 aliphatic carbocycles. The Hall–Kier alpha value is -0.470. The minimum absolute atomic E-state index is 0.593. The van der Waals surface area contributed by atoms with Gasteiger partial charge in [0, 0.05) is 18.3 Å². The van der Waals surface area contributed by atoms with Crippen LogP contribution in [0.15, 0.2) is 24.3 Å². The lowest BCUT2D eigenvalue weighted by Crippen LogP contribution is -2.27. The fourth-order valence-corrected chi connectivity index (χ4v) is 2.25. The largest absolute Gasteiger partial charge is 0.309 e. The third-order valence-electron chi connectivity index (χ3n) is 2.66. The zero-order chi connectivity index (χ0) is 11.8. The average molecular weight is 237 g/mol. The number of hydrogen-bond donors (Lipinski definition) is 1. The summed E-state index contributed by atoms with van der Waals surface area (Å²) in [5, 5.41) is 3.55. The molecule has 0 spiro atoms. The van der Waals surface area contributed by atoms with Crippen LogP contribution in [0.5, 0.6) is 0 Å². The van der Waals surface area contributed by atoms with Crippen LogP contribution in [0.3, 0.4) is 0 Å². The first-order valence-electron chi connectivity index (χ1n) is 6.15. The van der Waals surface area contributed by atoms with E-state index in [1.807, 2.05) is 11.8 Å². The summed E-state index contributed by atoms with van der Waals surface area (Å²) in [6.07, 6.45) is 1.12. The van der Waals surface area contributed by atoms with Crippen LogP contribution in [-0.2, 0) is 13.0 Å². The molecule has 0 saturated carbocycles. The topological polar surface area (TPSA) is 12.0 Å². The van der Waals surface area contributed by atoms with Crippen molar-refractivity contribution in [3.05, 3.63) is 35.4 Å². The maximum absolute atomic E-state index is 3.55. The number of thioether (sulfide) groups is 1. The molecule has 1 N–H and O–H groups in total. The van der Waals surface area contributed by atoms with Gasteiger partial charge in [0.05, 0.1) is 0 Å². The Morgan fingerprint density at radius 3 is 2.31 bits per heavy atom. The summed E-state index contributed by atoms with van der Waals surface area (Å²) < 4.78 is 0. The van der Waals surface area contributed by atoms with E-state index < -0.39 is 0 Å². The molecule has 1 rings (SSSR count). The molecule has 0 radical (unpaired) electrons. The Balaban J connectivity index is 2.30. The average Bonchev–Trinajstić information content (AvgIpc) is 2.34. The molecule has 1 aromatic rings. The summed E-state index contributed by atoms with van der Waals surface area (Å²) in [7, 11) is 0. The number of rotatable bonds is 7. The first-order valence-corrected chi connectivity index (χ1v) is 7.30. The lowest BCUT2D eigenvalue weighted by molar-refractivity contribution is 0.596. The van der Waals surface area contributed by atoms with Crippen LogP contribution >= 0.6 is 11.8 Å². The van der Waals surface area contributed by atoms with Crippen molar-refractivity contribution in [2.45, 2.75) is 39.8 Å². The maximum atomic E-state index is 3.55. The molecule has 0 aliphatic rings. The van der Waals surface area contributed by atoms with Crippen molar-refractivity contribution in [2.24, 2.45) is 0 Å². The van der Waals surface area contributed by atoms with Crippen molar-refractivity contribution in [2.75, 3.05) is 11.5 Å². The molecule has 0 bridgehead atoms. The zero-order valence-electron chi connectivity index (χ0n) is 10.6. The van der Waals surface area contributed by atoms with E-state index >= 15 is 0 Å². The van der Waals surface area contributed by atoms with Crippen LogP contribution in [-0.4, -0.2) is 17.5 Å². The first-order chi connectivity index (χ1) is 7.76. The molecule has 0 fully saturated rings. The number of hydrogen-bond acceptors (Lipinski definition) is 2. The van der Waals surface area contributed by atoms with Gasteiger partial charge in [0.2, 0.25) is 0 Å². The summed E-state index contributed by atoms with van der Waals surface area (Å²) in [6.45, 7) is 7.64. The second-order valence-electron chi connectivity index (χ2n) is 4.11. The van der Waals surface area contributed by atoms with E-state index in [1.165, 1.54) is 22.6 Å². The van der Waals surface area contributed by atoms with Crippen LogP contribution in [0.4, 0.5) is 0 Å². The van der Waals surface area contributed by atoms with E-state index in [4.69, 9.17) is 0 Å². The molecule has 0 heterocycles. The van der Waals surface area contributed by atoms with Crippen molar-refractivity contribution < 1.29 is 0 Å². The number of nitrogens with one attached hydrogen (secondary N) is 1. The van der Waals surface area contributed by atoms with Crippen molar-refractivity contribution in [1.29, 1.82) is 0 Å². The molecule has 0 saturated heterocycles. The van der Waals surface area contributed by atoms with E-state index in [0.717, 1.165) is 13.0 Å². The van der Waals surface area contributed by atoms with E-state index in [2.05, 4.69) is 50.4 Å². The molecule has 2 heteroatoms. The van der Waals surface area contributed by atoms with Gasteiger partial charge in [0.1, 0.15) is 0 Å². The van der Waals surface area contributed by atoms with E-state index in [0.29, 0.717) is 6.04 Å². The Morgan fingerprint density at radius 1 is 1.12 bits per heavy atom. The second-order valence-corrected chi connectivity index (χ2v) is 5.43. The summed E-state index contributed by atoms with van der Waals surface area (Å²) in [4.78, 5) is 0. The zero-order valence-corrected chi connectivity index (χ0v) is 11.4. The summed E-state index contributed by atoms with van der Waals surface area (Å²) in [5.41, 5.74) is 2.80. The van der Waals surface area contributed by atoms with Gasteiger partial charge in [-0.25, -0.2) is 0 Å². The molecule has 0 aliphatic heterocycles. The molecule has 1 unspecified atom stereocenters. The fourth-order valence-electron chi connectivity index (χ4n) is 1.54. The van der Waals surface area contributed by atoms with E-state index in [9.17, 15) is 0 Å². The molecule has 1 aromatic carbocycles. The van der Waals surface area contributed by atoms with Gasteiger partial charge in [0.25, 0.3) is 0 Å². The Labute approximate surface area is 104 Å². The van der Waals surface area contributed by atoms with Crippen LogP contribution in [0.25, 0.3) is 0 Å². The van der Waals surface area contributed by atoms with Crippen LogP contribution in [0, 0.1) is 0 Å². The van der Waals surface area contributed by atoms with E-state index in [1.54, 1.807) is 0 Å². The third-order valence-corrected chi connectivity index (χ3v) is 3.80. The Morgan fingerprint density at radius 2 is 1.75 bits per heavy atom. The molecule has 0 amide bonds. The summed E-state index contributed by atoms with van der Waals surface area (Å²) in [5.74, 6) is 2.40. The highest BCUT2D eigenvalue weighted by Gasteiger charge is 2.00. The summed E-state index contributed by atoms with van der Waals surface area (Å²) >= 11 is 1.99. The SMILES string of the molecule is CCSCC(C)NCc1ccc(CC)cc1. The molecular formula is C14H23NS. The van der Waals surface area contributed by atoms with Crippen molar-refractivity contribution in [3.63, 3.8) is 0 Å². The molecular weight excluding hydrogens is 214 g/mol. The normalized spacial score (nSPS) is 12.7. The Bertz CT molecular complexity index is 281. The lowest BCUT2D eigenvalue weighted by Gasteiger charge is -2.13. The highest BCUT2D eigenvalue weighted by atomic mass is 32.2. The van der Waals surface area contributed by atoms with Crippen LogP contribution in [0.2, 0.25) is 0 Å². The first kappa shape index (κ1) is 13.6. The van der Waals surface area contributed by atoms with Gasteiger partial charge in [-0.05, 0) is 30.2 Å². The van der Waals surface area contributed by atoms with Crippen molar-refractivity contribution >= 4 is 11.8 Å². The minimum atomic E-state index is 0.593. The quantitative estimate of drug-likeness (QED) is 0.779. The highest BCUT2D eigenvalue weighted by molar-refractivity contribution is 7.99. The monoisotopic (exact) mass is 237 g/mol. The maximum Gasteiger partial charge on any atom is 0.0208 e. The number of aryl methyl sites for hydroxylation is 1. The van der Waals surface area contributed by atoms with Crippen molar-refractivity contribution in [3.8, 4) is 0 Å². The minimum Gasteiger partial charge on any atom is -0.309 e. The van der Waals surface area contributed by atoms with Gasteiger partial charge in [-0.3, -0.25) is 0 Å². The van der Waals surface area contributed by atoms with Gasteiger partial charge in [-0.2, -0.15) is 11.8 Å². The molecule has 90 valence electrons. The standard InChI is InChI=1S/C14H23NS/c1-4-13-6-8-14(9-7-13)10-15-12(3)11-16-5-2/h6-9,12,15H,4-5,10-11H2,1-3H3. The lowest BCUT2D eigenvalue weighted by atomic mass is 10.1. The second kappa shape index (κ2) is 7.75. The van der Waals surface area contributed by atoms with E-state index in [-0.39, 0.29) is 0 Å². The summed E-state index contributed by atoms with van der Waals surface area (Å²) in [6, 6.07) is 9.50. The van der Waals surface area contributed by atoms with Crippen LogP contribution in [0.1, 0.15) is 31.9 Å². The highest BCUT2D eigenvalue weighted by Crippen LogP contribution is 2.06. The molecule has 1 atom stereocenters. The molecule has 16 heavy (non-hydrogen) atoms. The molecule has 1 nitrogen and oxygen atoms in total. The smallest absolute Gasteiger partial charge is 0.0208 e. The number of benzene rings is 1. The Kier molecular flexibility index (Phi) is 6.58. The van der Waals surface area contributed by atoms with Crippen molar-refractivity contribution in [1.82, 2.24) is 5.32 Å². The predicted molar refractivity (Wildman–Crippen MR) is 75.1 cm³/mol. The fraction of sp³-hybridized carbons (Fsp3) is 0.571.